The van der Waals surface area contributed by atoms with E-state index in [9.17, 15) is 9.50 Å². The number of pyridine rings is 2. The Labute approximate surface area is 231 Å². The molecule has 1 aromatic carbocycles. The summed E-state index contributed by atoms with van der Waals surface area (Å²) in [6.07, 6.45) is 15.2. The highest BCUT2D eigenvalue weighted by Gasteiger charge is 2.17. The molecule has 0 spiro atoms. The van der Waals surface area contributed by atoms with E-state index in [-0.39, 0.29) is 5.75 Å². The Bertz CT molecular complexity index is 1750. The first kappa shape index (κ1) is 25.7. The van der Waals surface area contributed by atoms with Crippen LogP contribution >= 0.6 is 0 Å². The quantitative estimate of drug-likeness (QED) is 0.195. The van der Waals surface area contributed by atoms with Crippen molar-refractivity contribution in [1.29, 1.82) is 0 Å². The van der Waals surface area contributed by atoms with Crippen LogP contribution in [0.1, 0.15) is 31.9 Å². The second kappa shape index (κ2) is 10.9. The van der Waals surface area contributed by atoms with Crippen LogP contribution in [0.2, 0.25) is 0 Å². The molecule has 202 valence electrons. The van der Waals surface area contributed by atoms with Crippen molar-refractivity contribution in [2.24, 2.45) is 0 Å². The fourth-order valence-electron chi connectivity index (χ4n) is 5.47. The number of allylic oxidation sites excluding steroid dienone is 3. The predicted molar refractivity (Wildman–Crippen MR) is 158 cm³/mol. The Morgan fingerprint density at radius 1 is 1.05 bits per heavy atom. The van der Waals surface area contributed by atoms with Gasteiger partial charge in [0.25, 0.3) is 0 Å². The van der Waals surface area contributed by atoms with Gasteiger partial charge in [0.1, 0.15) is 17.3 Å². The average molecular weight is 535 g/mol. The van der Waals surface area contributed by atoms with Gasteiger partial charge in [-0.2, -0.15) is 5.10 Å². The fourth-order valence-corrected chi connectivity index (χ4v) is 5.47. The lowest BCUT2D eigenvalue weighted by Crippen LogP contribution is -2.31. The maximum Gasteiger partial charge on any atom is 0.127 e. The molecule has 0 bridgehead atoms. The molecule has 5 aromatic rings. The van der Waals surface area contributed by atoms with Crippen molar-refractivity contribution < 1.29 is 9.50 Å². The van der Waals surface area contributed by atoms with Crippen molar-refractivity contribution in [2.45, 2.75) is 26.2 Å². The Balaban J connectivity index is 1.37. The van der Waals surface area contributed by atoms with Gasteiger partial charge >= 0.3 is 0 Å². The number of hydrogen-bond acceptors (Lipinski definition) is 5. The van der Waals surface area contributed by atoms with Crippen LogP contribution in [0, 0.1) is 5.82 Å². The number of nitrogens with zero attached hydrogens (tertiary/aromatic N) is 4. The molecular formula is C32H31FN6O. The average Bonchev–Trinajstić information content (AvgIpc) is 3.59. The third kappa shape index (κ3) is 5.05. The van der Waals surface area contributed by atoms with Crippen molar-refractivity contribution in [2.75, 3.05) is 19.6 Å². The van der Waals surface area contributed by atoms with E-state index in [1.54, 1.807) is 12.4 Å². The van der Waals surface area contributed by atoms with Gasteiger partial charge in [-0.15, -0.1) is 0 Å². The van der Waals surface area contributed by atoms with E-state index in [1.165, 1.54) is 37.0 Å². The first-order valence-corrected chi connectivity index (χ1v) is 13.6. The van der Waals surface area contributed by atoms with E-state index in [0.717, 1.165) is 70.2 Å². The van der Waals surface area contributed by atoms with Gasteiger partial charge in [-0.05, 0) is 79.9 Å². The van der Waals surface area contributed by atoms with Crippen molar-refractivity contribution in [3.05, 3.63) is 90.8 Å². The third-order valence-electron chi connectivity index (χ3n) is 7.51. The summed E-state index contributed by atoms with van der Waals surface area (Å²) in [6.45, 7) is 9.22. The number of nitrogens with one attached hydrogen (secondary N) is 2. The summed E-state index contributed by atoms with van der Waals surface area (Å²) in [5, 5.41) is 19.4. The molecule has 1 saturated heterocycles. The Hall–Kier alpha value is -4.56. The van der Waals surface area contributed by atoms with Crippen LogP contribution in [0.4, 0.5) is 4.39 Å². The molecule has 0 aliphatic carbocycles. The number of phenols is 1. The molecule has 5 heterocycles. The van der Waals surface area contributed by atoms with Crippen molar-refractivity contribution in [1.82, 2.24) is 30.0 Å². The SMILES string of the molecule is C=C/C(=C\C(=C/C)c1cc2c(-c3cc4c(-c5cc(O)cc(F)c5)cncc4[nH]3)n[nH]c2cn1)CN1CCCCC1. The summed E-state index contributed by atoms with van der Waals surface area (Å²) in [4.78, 5) is 15.0. The molecule has 0 unspecified atom stereocenters. The van der Waals surface area contributed by atoms with E-state index in [2.05, 4.69) is 49.9 Å². The van der Waals surface area contributed by atoms with Gasteiger partial charge in [0.2, 0.25) is 0 Å². The largest absolute Gasteiger partial charge is 0.508 e. The van der Waals surface area contributed by atoms with Crippen LogP contribution in [0.5, 0.6) is 5.75 Å². The first-order valence-electron chi connectivity index (χ1n) is 13.6. The molecule has 40 heavy (non-hydrogen) atoms. The topological polar surface area (TPSA) is 93.7 Å². The molecule has 7 nitrogen and oxygen atoms in total. The van der Waals surface area contributed by atoms with Crippen LogP contribution in [0.25, 0.3) is 49.9 Å². The van der Waals surface area contributed by atoms with Crippen LogP contribution in [0.3, 0.4) is 0 Å². The van der Waals surface area contributed by atoms with E-state index < -0.39 is 5.82 Å². The van der Waals surface area contributed by atoms with Crippen LogP contribution in [-0.4, -0.2) is 54.8 Å². The second-order valence-corrected chi connectivity index (χ2v) is 10.2. The molecule has 0 amide bonds. The molecule has 1 aliphatic rings. The third-order valence-corrected chi connectivity index (χ3v) is 7.51. The standard InChI is InChI=1S/C32H31FN6O/c1-3-20(19-39-8-6-5-7-9-39)10-21(4-2)28-15-26-31(18-35-28)37-38-32(26)29-14-25-27(16-34-17-30(25)36-29)22-11-23(33)13-24(40)12-22/h3-4,10-18,36,40H,1,5-9,19H2,2H3,(H,37,38)/b20-10+,21-4+. The number of benzene rings is 1. The number of rotatable bonds is 7. The lowest BCUT2D eigenvalue weighted by atomic mass is 10.0. The highest BCUT2D eigenvalue weighted by molar-refractivity contribution is 6.01. The van der Waals surface area contributed by atoms with Crippen molar-refractivity contribution >= 4 is 27.4 Å². The van der Waals surface area contributed by atoms with Gasteiger partial charge in [0.05, 0.1) is 34.8 Å². The Morgan fingerprint density at radius 3 is 2.67 bits per heavy atom. The number of piperidine rings is 1. The van der Waals surface area contributed by atoms with Crippen LogP contribution in [0.15, 0.2) is 79.3 Å². The van der Waals surface area contributed by atoms with E-state index >= 15 is 0 Å². The smallest absolute Gasteiger partial charge is 0.127 e. The van der Waals surface area contributed by atoms with Gasteiger partial charge in [-0.3, -0.25) is 20.0 Å². The molecule has 0 saturated carbocycles. The highest BCUT2D eigenvalue weighted by atomic mass is 19.1. The lowest BCUT2D eigenvalue weighted by Gasteiger charge is -2.26. The van der Waals surface area contributed by atoms with E-state index in [4.69, 9.17) is 4.98 Å². The van der Waals surface area contributed by atoms with Gasteiger partial charge in [-0.1, -0.05) is 25.2 Å². The monoisotopic (exact) mass is 534 g/mol. The molecule has 3 N–H and O–H groups in total. The van der Waals surface area contributed by atoms with Crippen LogP contribution < -0.4 is 0 Å². The molecule has 1 aliphatic heterocycles. The summed E-state index contributed by atoms with van der Waals surface area (Å²) >= 11 is 0. The summed E-state index contributed by atoms with van der Waals surface area (Å²) in [5.41, 5.74) is 7.45. The second-order valence-electron chi connectivity index (χ2n) is 10.2. The minimum Gasteiger partial charge on any atom is -0.508 e. The molecular weight excluding hydrogens is 503 g/mol. The van der Waals surface area contributed by atoms with Gasteiger partial charge in [0, 0.05) is 35.1 Å². The fraction of sp³-hybridized carbons (Fsp3) is 0.219. The van der Waals surface area contributed by atoms with Gasteiger partial charge in [-0.25, -0.2) is 4.39 Å². The summed E-state index contributed by atoms with van der Waals surface area (Å²) in [5.74, 6) is -0.643. The number of aromatic hydroxyl groups is 1. The molecule has 4 aromatic heterocycles. The molecule has 0 radical (unpaired) electrons. The molecule has 0 atom stereocenters. The van der Waals surface area contributed by atoms with Crippen LogP contribution in [-0.2, 0) is 0 Å². The van der Waals surface area contributed by atoms with E-state index in [1.807, 2.05) is 25.3 Å². The van der Waals surface area contributed by atoms with Gasteiger partial charge < -0.3 is 10.1 Å². The molecule has 1 fully saturated rings. The summed E-state index contributed by atoms with van der Waals surface area (Å²) in [6, 6.07) is 8.04. The zero-order valence-corrected chi connectivity index (χ0v) is 22.4. The Morgan fingerprint density at radius 2 is 1.90 bits per heavy atom. The van der Waals surface area contributed by atoms with E-state index in [0.29, 0.717) is 11.1 Å². The Kier molecular flexibility index (Phi) is 7.00. The minimum atomic E-state index is -0.509. The number of hydrogen-bond donors (Lipinski definition) is 3. The molecule has 8 heteroatoms. The molecule has 6 rings (SSSR count). The zero-order chi connectivity index (χ0) is 27.6. The number of likely N-dealkylation sites (tertiary alicyclic amines) is 1. The number of phenolic OH excluding ortho intramolecular Hbond substituents is 1. The summed E-state index contributed by atoms with van der Waals surface area (Å²) < 4.78 is 14.0. The number of halogens is 1. The lowest BCUT2D eigenvalue weighted by molar-refractivity contribution is 0.248. The maximum absolute atomic E-state index is 14.0. The number of H-pyrrole nitrogens is 2. The number of fused-ring (bicyclic) bond motifs is 2. The van der Waals surface area contributed by atoms with Crippen molar-refractivity contribution in [3.8, 4) is 28.3 Å². The number of aromatic amines is 2. The number of aromatic nitrogens is 5. The summed E-state index contributed by atoms with van der Waals surface area (Å²) in [7, 11) is 0. The van der Waals surface area contributed by atoms with Gasteiger partial charge in [0.15, 0.2) is 0 Å². The maximum atomic E-state index is 14.0. The highest BCUT2D eigenvalue weighted by Crippen LogP contribution is 2.35. The van der Waals surface area contributed by atoms with Crippen molar-refractivity contribution in [3.63, 3.8) is 0 Å². The normalized spacial score (nSPS) is 15.2. The minimum absolute atomic E-state index is 0.134. The zero-order valence-electron chi connectivity index (χ0n) is 22.4. The predicted octanol–water partition coefficient (Wildman–Crippen LogP) is 7.01. The first-order chi connectivity index (χ1) is 19.5.